The van der Waals surface area contributed by atoms with E-state index in [1.54, 1.807) is 17.8 Å². The Labute approximate surface area is 206 Å². The van der Waals surface area contributed by atoms with Crippen molar-refractivity contribution in [1.29, 1.82) is 0 Å². The maximum atomic E-state index is 11.6. The van der Waals surface area contributed by atoms with Gasteiger partial charge in [-0.3, -0.25) is 0 Å². The highest BCUT2D eigenvalue weighted by Gasteiger charge is 2.35. The van der Waals surface area contributed by atoms with Crippen LogP contribution in [0.1, 0.15) is 37.1 Å². The minimum absolute atomic E-state index is 0.111. The van der Waals surface area contributed by atoms with Crippen LogP contribution < -0.4 is 0 Å². The van der Waals surface area contributed by atoms with Crippen LogP contribution in [-0.2, 0) is 5.75 Å². The van der Waals surface area contributed by atoms with Crippen molar-refractivity contribution in [2.45, 2.75) is 37.4 Å². The van der Waals surface area contributed by atoms with Crippen molar-refractivity contribution in [3.05, 3.63) is 94.0 Å². The number of benzene rings is 3. The van der Waals surface area contributed by atoms with Crippen molar-refractivity contribution < 1.29 is 5.11 Å². The number of hydrogen-bond acceptors (Lipinski definition) is 3. The number of aliphatic hydroxyl groups is 1. The first-order chi connectivity index (χ1) is 15.3. The topological polar surface area (TPSA) is 23.5 Å². The van der Waals surface area contributed by atoms with Crippen LogP contribution in [0.15, 0.2) is 72.8 Å². The molecule has 3 aromatic carbocycles. The molecule has 0 heterocycles. The maximum absolute atomic E-state index is 11.6. The summed E-state index contributed by atoms with van der Waals surface area (Å²) in [6.45, 7) is 8.61. The minimum Gasteiger partial charge on any atom is -0.387 e. The van der Waals surface area contributed by atoms with Gasteiger partial charge in [-0.2, -0.15) is 0 Å². The maximum Gasteiger partial charge on any atom is 0.0904 e. The predicted octanol–water partition coefficient (Wildman–Crippen LogP) is 7.73. The van der Waals surface area contributed by atoms with Crippen molar-refractivity contribution in [3.8, 4) is 11.1 Å². The number of thioether (sulfide) groups is 1. The fourth-order valence-corrected chi connectivity index (χ4v) is 5.85. The molecule has 5 heteroatoms. The van der Waals surface area contributed by atoms with Gasteiger partial charge in [-0.25, -0.2) is 0 Å². The van der Waals surface area contributed by atoms with E-state index in [2.05, 4.69) is 55.1 Å². The van der Waals surface area contributed by atoms with Gasteiger partial charge in [-0.15, -0.1) is 11.8 Å². The SMILES string of the molecule is CCN(CC)CC(C)(O)C(SCc1ccc(Cl)cc1Cl)c1ccc(-c2ccccc2)cc1. The van der Waals surface area contributed by atoms with Gasteiger partial charge < -0.3 is 10.0 Å². The summed E-state index contributed by atoms with van der Waals surface area (Å²) in [6, 6.07) is 24.5. The molecule has 3 rings (SSSR count). The smallest absolute Gasteiger partial charge is 0.0904 e. The van der Waals surface area contributed by atoms with Crippen molar-refractivity contribution >= 4 is 35.0 Å². The van der Waals surface area contributed by atoms with Crippen molar-refractivity contribution in [2.24, 2.45) is 0 Å². The van der Waals surface area contributed by atoms with Crippen LogP contribution in [0, 0.1) is 0 Å². The van der Waals surface area contributed by atoms with E-state index in [1.807, 2.05) is 37.3 Å². The van der Waals surface area contributed by atoms with Gasteiger partial charge in [0.25, 0.3) is 0 Å². The molecule has 0 aromatic heterocycles. The standard InChI is InChI=1S/C27H31Cl2NOS/c1-4-30(5-2)19-27(3,31)26(32-18-23-15-16-24(28)17-25(23)29)22-13-11-21(12-14-22)20-9-7-6-8-10-20/h6-17,26,31H,4-5,18-19H2,1-3H3. The molecule has 0 aliphatic heterocycles. The van der Waals surface area contributed by atoms with Gasteiger partial charge >= 0.3 is 0 Å². The van der Waals surface area contributed by atoms with Gasteiger partial charge in [0.2, 0.25) is 0 Å². The first-order valence-electron chi connectivity index (χ1n) is 11.0. The molecule has 0 spiro atoms. The minimum atomic E-state index is -0.913. The molecule has 2 atom stereocenters. The van der Waals surface area contributed by atoms with E-state index >= 15 is 0 Å². The van der Waals surface area contributed by atoms with E-state index in [4.69, 9.17) is 23.2 Å². The molecule has 2 nitrogen and oxygen atoms in total. The molecule has 0 aliphatic rings. The summed E-state index contributed by atoms with van der Waals surface area (Å²) in [5.74, 6) is 0.690. The monoisotopic (exact) mass is 487 g/mol. The quantitative estimate of drug-likeness (QED) is 0.316. The summed E-state index contributed by atoms with van der Waals surface area (Å²) in [5, 5.41) is 12.8. The Hall–Kier alpha value is -1.49. The first kappa shape index (κ1) is 25.1. The van der Waals surface area contributed by atoms with Crippen molar-refractivity contribution in [3.63, 3.8) is 0 Å². The summed E-state index contributed by atoms with van der Waals surface area (Å²) < 4.78 is 0. The Kier molecular flexibility index (Phi) is 9.10. The van der Waals surface area contributed by atoms with E-state index in [0.29, 0.717) is 22.3 Å². The normalized spacial score (nSPS) is 14.3. The molecule has 0 saturated heterocycles. The van der Waals surface area contributed by atoms with Gasteiger partial charge in [0, 0.05) is 22.3 Å². The largest absolute Gasteiger partial charge is 0.387 e. The van der Waals surface area contributed by atoms with Gasteiger partial charge in [-0.05, 0) is 54.4 Å². The number of hydrogen-bond donors (Lipinski definition) is 1. The van der Waals surface area contributed by atoms with Crippen LogP contribution in [-0.4, -0.2) is 35.2 Å². The van der Waals surface area contributed by atoms with E-state index in [9.17, 15) is 5.11 Å². The van der Waals surface area contributed by atoms with Crippen LogP contribution in [0.25, 0.3) is 11.1 Å². The lowest BCUT2D eigenvalue weighted by atomic mass is 9.93. The molecule has 0 fully saturated rings. The summed E-state index contributed by atoms with van der Waals surface area (Å²) in [6.07, 6.45) is 0. The summed E-state index contributed by atoms with van der Waals surface area (Å²) in [5.41, 5.74) is 3.57. The van der Waals surface area contributed by atoms with Crippen LogP contribution in [0.3, 0.4) is 0 Å². The molecule has 0 aliphatic carbocycles. The Morgan fingerprint density at radius 3 is 2.12 bits per heavy atom. The van der Waals surface area contributed by atoms with Gasteiger partial charge in [0.15, 0.2) is 0 Å². The molecule has 0 radical (unpaired) electrons. The van der Waals surface area contributed by atoms with Gasteiger partial charge in [0.1, 0.15) is 0 Å². The highest BCUT2D eigenvalue weighted by Crippen LogP contribution is 2.42. The summed E-state index contributed by atoms with van der Waals surface area (Å²) in [4.78, 5) is 2.27. The highest BCUT2D eigenvalue weighted by molar-refractivity contribution is 7.98. The highest BCUT2D eigenvalue weighted by atomic mass is 35.5. The zero-order valence-electron chi connectivity index (χ0n) is 18.9. The van der Waals surface area contributed by atoms with Gasteiger partial charge in [-0.1, -0.05) is 97.7 Å². The van der Waals surface area contributed by atoms with Crippen LogP contribution in [0.5, 0.6) is 0 Å². The summed E-state index contributed by atoms with van der Waals surface area (Å²) >= 11 is 14.2. The first-order valence-corrected chi connectivity index (χ1v) is 12.8. The Morgan fingerprint density at radius 2 is 1.53 bits per heavy atom. The molecule has 0 saturated carbocycles. The van der Waals surface area contributed by atoms with Crippen LogP contribution >= 0.6 is 35.0 Å². The Balaban J connectivity index is 1.88. The number of likely N-dealkylation sites (N-methyl/N-ethyl adjacent to an activating group) is 1. The van der Waals surface area contributed by atoms with E-state index in [-0.39, 0.29) is 5.25 Å². The fraction of sp³-hybridized carbons (Fsp3) is 0.333. The molecule has 1 N–H and O–H groups in total. The van der Waals surface area contributed by atoms with Crippen LogP contribution in [0.4, 0.5) is 0 Å². The fourth-order valence-electron chi connectivity index (χ4n) is 3.91. The lowest BCUT2D eigenvalue weighted by Crippen LogP contribution is -2.44. The van der Waals surface area contributed by atoms with Gasteiger partial charge in [0.05, 0.1) is 10.9 Å². The molecule has 170 valence electrons. The molecule has 0 bridgehead atoms. The number of rotatable bonds is 10. The second-order valence-corrected chi connectivity index (χ2v) is 10.2. The zero-order chi connectivity index (χ0) is 23.1. The van der Waals surface area contributed by atoms with Crippen LogP contribution in [0.2, 0.25) is 10.0 Å². The molecular weight excluding hydrogens is 457 g/mol. The van der Waals surface area contributed by atoms with E-state index in [0.717, 1.165) is 24.2 Å². The molecule has 32 heavy (non-hydrogen) atoms. The molecular formula is C27H31Cl2NOS. The van der Waals surface area contributed by atoms with Crippen molar-refractivity contribution in [1.82, 2.24) is 4.90 Å². The Bertz CT molecular complexity index is 988. The molecule has 0 amide bonds. The predicted molar refractivity (Wildman–Crippen MR) is 141 cm³/mol. The second-order valence-electron chi connectivity index (χ2n) is 8.23. The third-order valence-electron chi connectivity index (χ3n) is 5.74. The van der Waals surface area contributed by atoms with Crippen molar-refractivity contribution in [2.75, 3.05) is 19.6 Å². The zero-order valence-corrected chi connectivity index (χ0v) is 21.2. The Morgan fingerprint density at radius 1 is 0.906 bits per heavy atom. The second kappa shape index (κ2) is 11.6. The third-order valence-corrected chi connectivity index (χ3v) is 7.92. The molecule has 3 aromatic rings. The van der Waals surface area contributed by atoms with E-state index in [1.165, 1.54) is 11.1 Å². The average Bonchev–Trinajstić information content (AvgIpc) is 2.79. The lowest BCUT2D eigenvalue weighted by Gasteiger charge is -2.37. The number of nitrogens with zero attached hydrogens (tertiary/aromatic N) is 1. The average molecular weight is 489 g/mol. The third kappa shape index (κ3) is 6.52. The summed E-state index contributed by atoms with van der Waals surface area (Å²) in [7, 11) is 0. The molecule has 2 unspecified atom stereocenters. The lowest BCUT2D eigenvalue weighted by molar-refractivity contribution is 0.0202. The number of halogens is 2. The van der Waals surface area contributed by atoms with E-state index < -0.39 is 5.60 Å².